The Morgan fingerprint density at radius 1 is 0.762 bits per heavy atom. The van der Waals surface area contributed by atoms with E-state index in [1.165, 1.54) is 25.7 Å². The molecule has 0 aromatic carbocycles. The Kier molecular flexibility index (Phi) is 14.4. The van der Waals surface area contributed by atoms with Gasteiger partial charge in [-0.05, 0) is 0 Å². The summed E-state index contributed by atoms with van der Waals surface area (Å²) in [6.07, 6.45) is 8.49. The molecule has 5 N–H and O–H groups in total. The predicted octanol–water partition coefficient (Wildman–Crippen LogP) is 4.45. The molecule has 0 bridgehead atoms. The maximum atomic E-state index is 8.36. The van der Waals surface area contributed by atoms with E-state index in [1.54, 1.807) is 0 Å². The molecule has 21 heavy (non-hydrogen) atoms. The molecular formula is C12H25CuN5O3-2. The van der Waals surface area contributed by atoms with Crippen LogP contribution in [-0.2, 0) is 17.1 Å². The van der Waals surface area contributed by atoms with Crippen LogP contribution in [0.5, 0.6) is 0 Å². The van der Waals surface area contributed by atoms with Crippen molar-refractivity contribution in [3.05, 3.63) is 33.0 Å². The summed E-state index contributed by atoms with van der Waals surface area (Å²) in [5, 5.41) is 13.6. The summed E-state index contributed by atoms with van der Waals surface area (Å²) >= 11 is 0. The molecule has 8 nitrogen and oxygen atoms in total. The van der Waals surface area contributed by atoms with Gasteiger partial charge in [-0.15, -0.1) is 10.1 Å². The van der Waals surface area contributed by atoms with Crippen LogP contribution in [0, 0.1) is 10.1 Å². The molecule has 2 aliphatic rings. The molecular weight excluding hydrogens is 326 g/mol. The van der Waals surface area contributed by atoms with Gasteiger partial charge in [0.1, 0.15) is 0 Å². The molecule has 9 heteroatoms. The van der Waals surface area contributed by atoms with Crippen molar-refractivity contribution >= 4 is 0 Å². The molecule has 2 fully saturated rings. The number of hydrogen-bond donors (Lipinski definition) is 1. The number of nitrogens with one attached hydrogen (secondary N) is 4. The normalized spacial score (nSPS) is 31.4. The van der Waals surface area contributed by atoms with Crippen LogP contribution in [0.25, 0.3) is 22.9 Å². The molecule has 1 radical (unpaired) electrons. The Morgan fingerprint density at radius 3 is 1.00 bits per heavy atom. The number of nitrogens with zero attached hydrogens (tertiary/aromatic N) is 1. The van der Waals surface area contributed by atoms with E-state index >= 15 is 0 Å². The van der Waals surface area contributed by atoms with Crippen LogP contribution in [-0.4, -0.2) is 34.5 Å². The molecule has 0 saturated heterocycles. The third-order valence-corrected chi connectivity index (χ3v) is 3.53. The van der Waals surface area contributed by atoms with Gasteiger partial charge in [0.2, 0.25) is 0 Å². The molecule has 2 rings (SSSR count). The fourth-order valence-corrected chi connectivity index (χ4v) is 2.26. The van der Waals surface area contributed by atoms with Crippen LogP contribution >= 0.6 is 0 Å². The van der Waals surface area contributed by atoms with Crippen molar-refractivity contribution in [3.63, 3.8) is 0 Å². The van der Waals surface area contributed by atoms with Gasteiger partial charge in [0.15, 0.2) is 0 Å². The zero-order chi connectivity index (χ0) is 15.5. The van der Waals surface area contributed by atoms with Crippen molar-refractivity contribution in [2.45, 2.75) is 75.5 Å². The molecule has 4 atom stereocenters. The van der Waals surface area contributed by atoms with E-state index in [1.807, 2.05) is 0 Å². The third-order valence-electron chi connectivity index (χ3n) is 3.53. The average Bonchev–Trinajstić information content (AvgIpc) is 2.37. The van der Waals surface area contributed by atoms with Crippen molar-refractivity contribution in [2.24, 2.45) is 0 Å². The average molecular weight is 351 g/mol. The van der Waals surface area contributed by atoms with Crippen LogP contribution in [0.4, 0.5) is 0 Å². The molecule has 0 heterocycles. The van der Waals surface area contributed by atoms with E-state index < -0.39 is 5.09 Å². The SMILES string of the molecule is O=[N+]([O-])O.[Cu+2].[NH-]C1CCCCC1[NH-].[NH-]C1CCCCC1[NH-]. The van der Waals surface area contributed by atoms with Crippen molar-refractivity contribution < 1.29 is 27.4 Å². The van der Waals surface area contributed by atoms with Crippen LogP contribution in [0.1, 0.15) is 51.4 Å². The summed E-state index contributed by atoms with van der Waals surface area (Å²) in [6.45, 7) is 0. The maximum absolute atomic E-state index is 8.36. The smallest absolute Gasteiger partial charge is 0.676 e. The van der Waals surface area contributed by atoms with E-state index in [4.69, 9.17) is 38.3 Å². The standard InChI is InChI=1S/2C6H12N2.Cu.HNO3/c2*7-5-3-1-2-4-6(5)8;;2-1(3)4/h2*5-8H,1-4H2;;(H,2,3,4)/q2*-2;+2;. The van der Waals surface area contributed by atoms with Gasteiger partial charge >= 0.3 is 17.1 Å². The van der Waals surface area contributed by atoms with E-state index in [9.17, 15) is 0 Å². The first-order chi connectivity index (χ1) is 9.34. The largest absolute Gasteiger partial charge is 2.00 e. The topological polar surface area (TPSA) is 159 Å². The molecule has 0 aromatic rings. The fraction of sp³-hybridized carbons (Fsp3) is 1.00. The summed E-state index contributed by atoms with van der Waals surface area (Å²) in [6, 6.07) is -0.319. The molecule has 0 aliphatic heterocycles. The van der Waals surface area contributed by atoms with E-state index in [0.717, 1.165) is 25.7 Å². The minimum absolute atomic E-state index is 0. The Morgan fingerprint density at radius 2 is 0.905 bits per heavy atom. The predicted molar refractivity (Wildman–Crippen MR) is 78.2 cm³/mol. The number of rotatable bonds is 0. The van der Waals surface area contributed by atoms with E-state index in [-0.39, 0.29) is 41.2 Å². The van der Waals surface area contributed by atoms with Crippen LogP contribution < -0.4 is 0 Å². The fourth-order valence-electron chi connectivity index (χ4n) is 2.26. The monoisotopic (exact) mass is 350 g/mol. The summed E-state index contributed by atoms with van der Waals surface area (Å²) in [5.41, 5.74) is 29.2. The van der Waals surface area contributed by atoms with Crippen LogP contribution in [0.3, 0.4) is 0 Å². The Hall–Kier alpha value is -0.441. The van der Waals surface area contributed by atoms with Gasteiger partial charge in [0.05, 0.1) is 0 Å². The minimum Gasteiger partial charge on any atom is -0.676 e. The summed E-state index contributed by atoms with van der Waals surface area (Å²) < 4.78 is 0. The van der Waals surface area contributed by atoms with Gasteiger partial charge in [-0.2, -0.15) is 24.2 Å². The van der Waals surface area contributed by atoms with Gasteiger partial charge in [-0.25, -0.2) is 0 Å². The molecule has 4 unspecified atom stereocenters. The molecule has 129 valence electrons. The van der Waals surface area contributed by atoms with Crippen LogP contribution in [0.15, 0.2) is 0 Å². The van der Waals surface area contributed by atoms with E-state index in [0.29, 0.717) is 0 Å². The van der Waals surface area contributed by atoms with Crippen molar-refractivity contribution in [1.82, 2.24) is 0 Å². The second-order valence-electron chi connectivity index (χ2n) is 5.23. The third kappa shape index (κ3) is 13.0. The van der Waals surface area contributed by atoms with Crippen molar-refractivity contribution in [3.8, 4) is 0 Å². The van der Waals surface area contributed by atoms with Crippen LogP contribution in [0.2, 0.25) is 0 Å². The maximum Gasteiger partial charge on any atom is 2.00 e. The number of hydrogen-bond acceptors (Lipinski definition) is 2. The van der Waals surface area contributed by atoms with Gasteiger partial charge in [-0.3, -0.25) is 0 Å². The second-order valence-corrected chi connectivity index (χ2v) is 5.23. The first-order valence-corrected chi connectivity index (χ1v) is 7.02. The Labute approximate surface area is 136 Å². The molecule has 2 saturated carbocycles. The quantitative estimate of drug-likeness (QED) is 0.388. The van der Waals surface area contributed by atoms with E-state index in [2.05, 4.69) is 0 Å². The summed E-state index contributed by atoms with van der Waals surface area (Å²) in [5.74, 6) is 0. The molecule has 2 aliphatic carbocycles. The minimum atomic E-state index is -1.50. The Balaban J connectivity index is 0. The zero-order valence-corrected chi connectivity index (χ0v) is 12.9. The van der Waals surface area contributed by atoms with Gasteiger partial charge in [-0.1, -0.05) is 51.4 Å². The Bertz CT molecular complexity index is 229. The van der Waals surface area contributed by atoms with Crippen molar-refractivity contribution in [2.75, 3.05) is 0 Å². The summed E-state index contributed by atoms with van der Waals surface area (Å²) in [7, 11) is 0. The first-order valence-electron chi connectivity index (χ1n) is 7.02. The molecule has 0 aromatic heterocycles. The summed E-state index contributed by atoms with van der Waals surface area (Å²) in [4.78, 5) is 8.36. The molecule has 0 spiro atoms. The van der Waals surface area contributed by atoms with Gasteiger partial charge in [0, 0.05) is 0 Å². The second kappa shape index (κ2) is 13.2. The zero-order valence-electron chi connectivity index (χ0n) is 12.0. The van der Waals surface area contributed by atoms with Gasteiger partial charge < -0.3 is 28.1 Å². The van der Waals surface area contributed by atoms with Gasteiger partial charge in [0.25, 0.3) is 5.09 Å². The molecule has 0 amide bonds. The first kappa shape index (κ1) is 22.8. The van der Waals surface area contributed by atoms with Crippen molar-refractivity contribution in [1.29, 1.82) is 0 Å².